The molecule has 28 heavy (non-hydrogen) atoms. The molecule has 1 heterocycles. The van der Waals surface area contributed by atoms with Crippen molar-refractivity contribution in [2.45, 2.75) is 71.5 Å². The molecule has 1 aromatic carbocycles. The van der Waals surface area contributed by atoms with E-state index in [0.717, 1.165) is 11.1 Å². The first kappa shape index (κ1) is 22.8. The van der Waals surface area contributed by atoms with Crippen LogP contribution in [0.5, 0.6) is 0 Å². The Morgan fingerprint density at radius 1 is 0.929 bits per heavy atom. The summed E-state index contributed by atoms with van der Waals surface area (Å²) in [7, 11) is -3.50. The summed E-state index contributed by atoms with van der Waals surface area (Å²) in [5.41, 5.74) is 2.05. The number of hydrogen-bond acceptors (Lipinski definition) is 4. The number of piperazine rings is 1. The number of hydrogen-bond donors (Lipinski definition) is 0. The second-order valence-corrected chi connectivity index (χ2v) is 10.2. The van der Waals surface area contributed by atoms with Crippen LogP contribution in [0.2, 0.25) is 0 Å². The summed E-state index contributed by atoms with van der Waals surface area (Å²) in [6, 6.07) is 5.30. The van der Waals surface area contributed by atoms with E-state index in [1.165, 1.54) is 4.31 Å². The van der Waals surface area contributed by atoms with Gasteiger partial charge in [0.05, 0.1) is 10.9 Å². The fourth-order valence-corrected chi connectivity index (χ4v) is 5.34. The molecule has 0 spiro atoms. The molecular formula is C21H35N3O3S. The summed E-state index contributed by atoms with van der Waals surface area (Å²) < 4.78 is 27.5. The number of amides is 1. The maximum atomic E-state index is 13.0. The molecule has 1 aliphatic rings. The van der Waals surface area contributed by atoms with Crippen molar-refractivity contribution in [2.24, 2.45) is 0 Å². The van der Waals surface area contributed by atoms with Crippen LogP contribution in [0.1, 0.15) is 45.7 Å². The predicted octanol–water partition coefficient (Wildman–Crippen LogP) is 2.64. The lowest BCUT2D eigenvalue weighted by Gasteiger charge is -2.40. The van der Waals surface area contributed by atoms with Gasteiger partial charge in [-0.3, -0.25) is 9.69 Å². The van der Waals surface area contributed by atoms with Gasteiger partial charge in [0.1, 0.15) is 0 Å². The third kappa shape index (κ3) is 4.75. The van der Waals surface area contributed by atoms with Crippen LogP contribution >= 0.6 is 0 Å². The zero-order valence-electron chi connectivity index (χ0n) is 18.3. The van der Waals surface area contributed by atoms with Gasteiger partial charge in [-0.05, 0) is 71.7 Å². The first-order valence-corrected chi connectivity index (χ1v) is 11.5. The highest BCUT2D eigenvalue weighted by Crippen LogP contribution is 2.21. The van der Waals surface area contributed by atoms with Gasteiger partial charge in [-0.2, -0.15) is 4.31 Å². The van der Waals surface area contributed by atoms with Crippen LogP contribution in [0, 0.1) is 13.8 Å². The molecule has 1 saturated heterocycles. The predicted molar refractivity (Wildman–Crippen MR) is 113 cm³/mol. The Morgan fingerprint density at radius 2 is 1.46 bits per heavy atom. The Bertz CT molecular complexity index is 789. The second-order valence-electron chi connectivity index (χ2n) is 8.30. The monoisotopic (exact) mass is 409 g/mol. The minimum atomic E-state index is -3.50. The van der Waals surface area contributed by atoms with E-state index < -0.39 is 10.0 Å². The Morgan fingerprint density at radius 3 is 1.93 bits per heavy atom. The molecule has 0 N–H and O–H groups in total. The van der Waals surface area contributed by atoms with Crippen LogP contribution < -0.4 is 0 Å². The van der Waals surface area contributed by atoms with Gasteiger partial charge < -0.3 is 4.90 Å². The highest BCUT2D eigenvalue weighted by atomic mass is 32.2. The number of sulfonamides is 1. The molecular weight excluding hydrogens is 374 g/mol. The fraction of sp³-hybridized carbons (Fsp3) is 0.667. The molecule has 0 radical (unpaired) electrons. The van der Waals surface area contributed by atoms with Crippen LogP contribution in [-0.2, 0) is 14.8 Å². The van der Waals surface area contributed by atoms with Gasteiger partial charge >= 0.3 is 0 Å². The third-order valence-electron chi connectivity index (χ3n) is 5.66. The molecule has 7 heteroatoms. The van der Waals surface area contributed by atoms with E-state index in [9.17, 15) is 13.2 Å². The fourth-order valence-electron chi connectivity index (χ4n) is 3.83. The summed E-state index contributed by atoms with van der Waals surface area (Å²) in [6.07, 6.45) is 0. The van der Waals surface area contributed by atoms with Gasteiger partial charge in [-0.25, -0.2) is 8.42 Å². The van der Waals surface area contributed by atoms with Crippen molar-refractivity contribution < 1.29 is 13.2 Å². The van der Waals surface area contributed by atoms with E-state index >= 15 is 0 Å². The van der Waals surface area contributed by atoms with E-state index in [0.29, 0.717) is 31.1 Å². The second kappa shape index (κ2) is 8.93. The Labute approximate surface area is 170 Å². The first-order chi connectivity index (χ1) is 13.0. The average Bonchev–Trinajstić information content (AvgIpc) is 2.62. The van der Waals surface area contributed by atoms with E-state index in [2.05, 4.69) is 4.90 Å². The Balaban J connectivity index is 2.07. The summed E-state index contributed by atoms with van der Waals surface area (Å²) in [5.74, 6) is 0.107. The molecule has 0 saturated carbocycles. The lowest BCUT2D eigenvalue weighted by atomic mass is 10.1. The smallest absolute Gasteiger partial charge is 0.243 e. The zero-order valence-corrected chi connectivity index (χ0v) is 19.1. The van der Waals surface area contributed by atoms with Crippen LogP contribution in [-0.4, -0.2) is 72.7 Å². The van der Waals surface area contributed by atoms with Crippen molar-refractivity contribution in [1.29, 1.82) is 0 Å². The minimum Gasteiger partial charge on any atom is -0.336 e. The normalized spacial score (nSPS) is 17.9. The summed E-state index contributed by atoms with van der Waals surface area (Å²) >= 11 is 0. The molecule has 0 aromatic heterocycles. The number of rotatable bonds is 6. The largest absolute Gasteiger partial charge is 0.336 e. The number of carbonyl (C=O) groups is 1. The quantitative estimate of drug-likeness (QED) is 0.725. The molecule has 1 atom stereocenters. The number of nitrogens with zero attached hydrogens (tertiary/aromatic N) is 3. The molecule has 1 aliphatic heterocycles. The topological polar surface area (TPSA) is 60.9 Å². The lowest BCUT2D eigenvalue weighted by Crippen LogP contribution is -2.57. The van der Waals surface area contributed by atoms with E-state index in [1.54, 1.807) is 12.1 Å². The SMILES string of the molecule is Cc1ccc(S(=O)(=O)N2CCN([C@@H](C)C(=O)N(C(C)C)C(C)C)CC2)cc1C. The standard InChI is InChI=1S/C21H35N3O3S/c1-15(2)24(16(3)4)21(25)19(7)22-10-12-23(13-11-22)28(26,27)20-9-8-17(5)18(6)14-20/h8-9,14-16,19H,10-13H2,1-7H3/t19-/m0/s1. The van der Waals surface area contributed by atoms with Gasteiger partial charge in [-0.15, -0.1) is 0 Å². The highest BCUT2D eigenvalue weighted by Gasteiger charge is 2.34. The third-order valence-corrected chi connectivity index (χ3v) is 7.56. The van der Waals surface area contributed by atoms with Crippen LogP contribution in [0.4, 0.5) is 0 Å². The van der Waals surface area contributed by atoms with Gasteiger partial charge in [0, 0.05) is 38.3 Å². The maximum Gasteiger partial charge on any atom is 0.243 e. The molecule has 2 rings (SSSR count). The Hall–Kier alpha value is -1.44. The van der Waals surface area contributed by atoms with Crippen molar-refractivity contribution in [3.05, 3.63) is 29.3 Å². The maximum absolute atomic E-state index is 13.0. The van der Waals surface area contributed by atoms with Gasteiger partial charge in [0.2, 0.25) is 15.9 Å². The summed E-state index contributed by atoms with van der Waals surface area (Å²) in [4.78, 5) is 17.3. The number of carbonyl (C=O) groups excluding carboxylic acids is 1. The first-order valence-electron chi connectivity index (χ1n) is 10.1. The zero-order chi connectivity index (χ0) is 21.2. The van der Waals surface area contributed by atoms with Gasteiger partial charge in [0.15, 0.2) is 0 Å². The lowest BCUT2D eigenvalue weighted by molar-refractivity contribution is -0.140. The molecule has 0 aliphatic carbocycles. The molecule has 1 aromatic rings. The van der Waals surface area contributed by atoms with E-state index in [4.69, 9.17) is 0 Å². The molecule has 158 valence electrons. The summed E-state index contributed by atoms with van der Waals surface area (Å²) in [6.45, 7) is 15.8. The van der Waals surface area contributed by atoms with Crippen molar-refractivity contribution in [1.82, 2.24) is 14.1 Å². The minimum absolute atomic E-state index is 0.107. The van der Waals surface area contributed by atoms with E-state index in [-0.39, 0.29) is 24.0 Å². The van der Waals surface area contributed by atoms with Crippen LogP contribution in [0.3, 0.4) is 0 Å². The molecule has 0 unspecified atom stereocenters. The van der Waals surface area contributed by atoms with E-state index in [1.807, 2.05) is 59.4 Å². The van der Waals surface area contributed by atoms with Gasteiger partial charge in [-0.1, -0.05) is 6.07 Å². The van der Waals surface area contributed by atoms with Crippen LogP contribution in [0.25, 0.3) is 0 Å². The van der Waals surface area contributed by atoms with Crippen molar-refractivity contribution in [3.63, 3.8) is 0 Å². The number of benzene rings is 1. The molecule has 6 nitrogen and oxygen atoms in total. The highest BCUT2D eigenvalue weighted by molar-refractivity contribution is 7.89. The summed E-state index contributed by atoms with van der Waals surface area (Å²) in [5, 5.41) is 0. The van der Waals surface area contributed by atoms with Crippen molar-refractivity contribution >= 4 is 15.9 Å². The Kier molecular flexibility index (Phi) is 7.28. The average molecular weight is 410 g/mol. The van der Waals surface area contributed by atoms with Crippen molar-refractivity contribution in [2.75, 3.05) is 26.2 Å². The molecule has 1 amide bonds. The molecule has 1 fully saturated rings. The molecule has 0 bridgehead atoms. The van der Waals surface area contributed by atoms with Crippen molar-refractivity contribution in [3.8, 4) is 0 Å². The van der Waals surface area contributed by atoms with Gasteiger partial charge in [0.25, 0.3) is 0 Å². The van der Waals surface area contributed by atoms with Crippen LogP contribution in [0.15, 0.2) is 23.1 Å². The number of aryl methyl sites for hydroxylation is 2.